The maximum Gasteiger partial charge on any atom is 0.337 e. The Balaban J connectivity index is 1.82. The second kappa shape index (κ2) is 7.18. The molecular formula is C21H19NO3. The average molecular weight is 333 g/mol. The van der Waals surface area contributed by atoms with Gasteiger partial charge in [-0.1, -0.05) is 48.5 Å². The molecule has 126 valence electrons. The summed E-state index contributed by atoms with van der Waals surface area (Å²) in [7, 11) is 1.33. The van der Waals surface area contributed by atoms with Crippen LogP contribution in [0.15, 0.2) is 60.7 Å². The molecular weight excluding hydrogens is 314 g/mol. The molecule has 0 spiro atoms. The van der Waals surface area contributed by atoms with Gasteiger partial charge in [0.2, 0.25) is 5.91 Å². The molecule has 3 aromatic carbocycles. The van der Waals surface area contributed by atoms with Crippen LogP contribution in [0.25, 0.3) is 10.8 Å². The van der Waals surface area contributed by atoms with Crippen molar-refractivity contribution in [3.63, 3.8) is 0 Å². The van der Waals surface area contributed by atoms with E-state index in [1.165, 1.54) is 7.11 Å². The van der Waals surface area contributed by atoms with E-state index < -0.39 is 5.97 Å². The molecule has 3 aromatic rings. The van der Waals surface area contributed by atoms with Crippen molar-refractivity contribution in [1.82, 2.24) is 0 Å². The van der Waals surface area contributed by atoms with Gasteiger partial charge in [0.15, 0.2) is 0 Å². The predicted octanol–water partition coefficient (Wildman–Crippen LogP) is 4.12. The van der Waals surface area contributed by atoms with Crippen molar-refractivity contribution in [3.05, 3.63) is 77.4 Å². The Hall–Kier alpha value is -3.14. The number of methoxy groups -OCH3 is 1. The zero-order valence-electron chi connectivity index (χ0n) is 14.2. The first-order chi connectivity index (χ1) is 12.1. The fraction of sp³-hybridized carbons (Fsp3) is 0.143. The van der Waals surface area contributed by atoms with Crippen LogP contribution in [0, 0.1) is 6.92 Å². The van der Waals surface area contributed by atoms with Crippen molar-refractivity contribution in [2.75, 3.05) is 12.4 Å². The summed E-state index contributed by atoms with van der Waals surface area (Å²) < 4.78 is 4.73. The van der Waals surface area contributed by atoms with Gasteiger partial charge in [-0.2, -0.15) is 0 Å². The Morgan fingerprint density at radius 2 is 1.76 bits per heavy atom. The first-order valence-corrected chi connectivity index (χ1v) is 8.04. The summed E-state index contributed by atoms with van der Waals surface area (Å²) in [6.45, 7) is 1.88. The van der Waals surface area contributed by atoms with E-state index in [9.17, 15) is 9.59 Å². The molecule has 0 aliphatic heterocycles. The van der Waals surface area contributed by atoms with Crippen LogP contribution < -0.4 is 5.32 Å². The third-order valence-electron chi connectivity index (χ3n) is 4.16. The Kier molecular flexibility index (Phi) is 4.80. The molecule has 0 aromatic heterocycles. The Morgan fingerprint density at radius 1 is 1.00 bits per heavy atom. The number of benzene rings is 3. The summed E-state index contributed by atoms with van der Waals surface area (Å²) in [6.07, 6.45) is 0.267. The van der Waals surface area contributed by atoms with Gasteiger partial charge >= 0.3 is 5.97 Å². The van der Waals surface area contributed by atoms with Gasteiger partial charge in [-0.15, -0.1) is 0 Å². The predicted molar refractivity (Wildman–Crippen MR) is 98.8 cm³/mol. The van der Waals surface area contributed by atoms with E-state index in [1.807, 2.05) is 49.4 Å². The lowest BCUT2D eigenvalue weighted by Crippen LogP contribution is -2.16. The second-order valence-electron chi connectivity index (χ2n) is 5.88. The Labute approximate surface area is 146 Å². The number of anilines is 1. The van der Waals surface area contributed by atoms with Crippen LogP contribution in [-0.2, 0) is 16.0 Å². The lowest BCUT2D eigenvalue weighted by molar-refractivity contribution is -0.115. The number of carbonyl (C=O) groups is 2. The number of nitrogens with one attached hydrogen (secondary N) is 1. The van der Waals surface area contributed by atoms with Gasteiger partial charge in [0.05, 0.1) is 19.1 Å². The van der Waals surface area contributed by atoms with Crippen molar-refractivity contribution < 1.29 is 14.3 Å². The summed E-state index contributed by atoms with van der Waals surface area (Å²) in [5.41, 5.74) is 2.89. The van der Waals surface area contributed by atoms with Gasteiger partial charge in [-0.25, -0.2) is 4.79 Å². The van der Waals surface area contributed by atoms with Gasteiger partial charge in [-0.05, 0) is 41.0 Å². The van der Waals surface area contributed by atoms with E-state index in [1.54, 1.807) is 18.2 Å². The normalized spacial score (nSPS) is 10.5. The molecule has 0 radical (unpaired) electrons. The number of fused-ring (bicyclic) bond motifs is 1. The van der Waals surface area contributed by atoms with E-state index in [2.05, 4.69) is 5.32 Å². The molecule has 0 saturated heterocycles. The molecule has 0 aliphatic rings. The molecule has 0 fully saturated rings. The number of amides is 1. The number of hydrogen-bond acceptors (Lipinski definition) is 3. The van der Waals surface area contributed by atoms with Gasteiger partial charge in [0.1, 0.15) is 0 Å². The van der Waals surface area contributed by atoms with Crippen LogP contribution in [0.3, 0.4) is 0 Å². The van der Waals surface area contributed by atoms with Crippen LogP contribution >= 0.6 is 0 Å². The first kappa shape index (κ1) is 16.7. The fourth-order valence-corrected chi connectivity index (χ4v) is 2.82. The quantitative estimate of drug-likeness (QED) is 0.731. The highest BCUT2D eigenvalue weighted by atomic mass is 16.5. The topological polar surface area (TPSA) is 55.4 Å². The molecule has 0 unspecified atom stereocenters. The molecule has 25 heavy (non-hydrogen) atoms. The average Bonchev–Trinajstić information content (AvgIpc) is 2.63. The van der Waals surface area contributed by atoms with Crippen molar-refractivity contribution in [3.8, 4) is 0 Å². The Bertz CT molecular complexity index is 942. The van der Waals surface area contributed by atoms with Crippen LogP contribution in [0.1, 0.15) is 21.5 Å². The number of esters is 1. The van der Waals surface area contributed by atoms with Crippen LogP contribution in [0.5, 0.6) is 0 Å². The van der Waals surface area contributed by atoms with Crippen LogP contribution in [-0.4, -0.2) is 19.0 Å². The summed E-state index contributed by atoms with van der Waals surface area (Å²) in [6, 6.07) is 19.0. The number of hydrogen-bond donors (Lipinski definition) is 1. The number of carbonyl (C=O) groups excluding carboxylic acids is 2. The highest BCUT2D eigenvalue weighted by Gasteiger charge is 2.12. The molecule has 0 atom stereocenters. The summed E-state index contributed by atoms with van der Waals surface area (Å²) in [4.78, 5) is 24.2. The van der Waals surface area contributed by atoms with Crippen LogP contribution in [0.4, 0.5) is 5.69 Å². The summed E-state index contributed by atoms with van der Waals surface area (Å²) in [5.74, 6) is -0.550. The minimum absolute atomic E-state index is 0.124. The number of ether oxygens (including phenoxy) is 1. The third kappa shape index (κ3) is 3.69. The van der Waals surface area contributed by atoms with E-state index in [-0.39, 0.29) is 12.3 Å². The SMILES string of the molecule is COC(=O)c1ccc(C)c(NC(=O)Cc2cccc3ccccc23)c1. The monoisotopic (exact) mass is 333 g/mol. The van der Waals surface area contributed by atoms with Crippen molar-refractivity contribution in [1.29, 1.82) is 0 Å². The number of rotatable bonds is 4. The van der Waals surface area contributed by atoms with E-state index in [0.717, 1.165) is 21.9 Å². The van der Waals surface area contributed by atoms with Gasteiger partial charge in [0.25, 0.3) is 0 Å². The van der Waals surface area contributed by atoms with Crippen molar-refractivity contribution >= 4 is 28.3 Å². The van der Waals surface area contributed by atoms with Crippen molar-refractivity contribution in [2.24, 2.45) is 0 Å². The molecule has 4 nitrogen and oxygen atoms in total. The highest BCUT2D eigenvalue weighted by molar-refractivity contribution is 5.98. The maximum atomic E-state index is 12.5. The maximum absolute atomic E-state index is 12.5. The third-order valence-corrected chi connectivity index (χ3v) is 4.16. The summed E-state index contributed by atoms with van der Waals surface area (Å²) >= 11 is 0. The molecule has 1 amide bonds. The second-order valence-corrected chi connectivity index (χ2v) is 5.88. The molecule has 0 bridgehead atoms. The Morgan fingerprint density at radius 3 is 2.56 bits per heavy atom. The largest absolute Gasteiger partial charge is 0.465 e. The molecule has 0 aliphatic carbocycles. The van der Waals surface area contributed by atoms with Gasteiger partial charge in [0, 0.05) is 5.69 Å². The van der Waals surface area contributed by atoms with E-state index >= 15 is 0 Å². The summed E-state index contributed by atoms with van der Waals surface area (Å²) in [5, 5.41) is 5.07. The minimum atomic E-state index is -0.426. The molecule has 0 heterocycles. The van der Waals surface area contributed by atoms with Crippen LogP contribution in [0.2, 0.25) is 0 Å². The van der Waals surface area contributed by atoms with Gasteiger partial charge < -0.3 is 10.1 Å². The molecule has 3 rings (SSSR count). The van der Waals surface area contributed by atoms with Gasteiger partial charge in [-0.3, -0.25) is 4.79 Å². The lowest BCUT2D eigenvalue weighted by Gasteiger charge is -2.11. The standard InChI is InChI=1S/C21H19NO3/c1-14-10-11-17(21(24)25-2)12-19(14)22-20(23)13-16-8-5-7-15-6-3-4-9-18(15)16/h3-12H,13H2,1-2H3,(H,22,23). The smallest absolute Gasteiger partial charge is 0.337 e. The highest BCUT2D eigenvalue weighted by Crippen LogP contribution is 2.21. The van der Waals surface area contributed by atoms with E-state index in [4.69, 9.17) is 4.74 Å². The van der Waals surface area contributed by atoms with E-state index in [0.29, 0.717) is 11.3 Å². The minimum Gasteiger partial charge on any atom is -0.465 e. The molecule has 4 heteroatoms. The fourth-order valence-electron chi connectivity index (χ4n) is 2.82. The number of aryl methyl sites for hydroxylation is 1. The molecule has 1 N–H and O–H groups in total. The zero-order valence-corrected chi connectivity index (χ0v) is 14.2. The zero-order chi connectivity index (χ0) is 17.8. The lowest BCUT2D eigenvalue weighted by atomic mass is 10.0. The van der Waals surface area contributed by atoms with Crippen molar-refractivity contribution in [2.45, 2.75) is 13.3 Å². The first-order valence-electron chi connectivity index (χ1n) is 8.04. The molecule has 0 saturated carbocycles.